The van der Waals surface area contributed by atoms with Crippen molar-refractivity contribution in [2.24, 2.45) is 0 Å². The molecule has 0 aromatic heterocycles. The molecule has 2 heterocycles. The Bertz CT molecular complexity index is 536. The topological polar surface area (TPSA) is 50.8 Å². The Kier molecular flexibility index (Phi) is 2.43. The number of fused-ring (bicyclic) bond motifs is 1. The molecule has 1 saturated heterocycles. The third-order valence-electron chi connectivity index (χ3n) is 4.06. The number of anilines is 1. The Hall–Kier alpha value is -1.59. The summed E-state index contributed by atoms with van der Waals surface area (Å²) < 4.78 is 0. The van der Waals surface area contributed by atoms with Crippen molar-refractivity contribution in [3.05, 3.63) is 29.3 Å². The summed E-state index contributed by atoms with van der Waals surface area (Å²) in [6.07, 6.45) is 0. The zero-order chi connectivity index (χ0) is 13.8. The third-order valence-corrected chi connectivity index (χ3v) is 4.06. The predicted octanol–water partition coefficient (Wildman–Crippen LogP) is 2.17. The highest BCUT2D eigenvalue weighted by Gasteiger charge is 2.50. The summed E-state index contributed by atoms with van der Waals surface area (Å²) >= 11 is 0. The van der Waals surface area contributed by atoms with Crippen molar-refractivity contribution >= 4 is 11.6 Å². The maximum Gasteiger partial charge on any atom is 0.251 e. The molecule has 5 nitrogen and oxygen atoms in total. The molecule has 102 valence electrons. The molecule has 1 fully saturated rings. The molecule has 1 N–H and O–H groups in total. The number of carbonyl (C=O) groups is 1. The van der Waals surface area contributed by atoms with Crippen molar-refractivity contribution < 1.29 is 14.5 Å². The fraction of sp³-hybridized carbons (Fsp3) is 0.500. The average Bonchev–Trinajstić information content (AvgIpc) is 2.78. The van der Waals surface area contributed by atoms with Crippen molar-refractivity contribution in [1.82, 2.24) is 5.32 Å². The summed E-state index contributed by atoms with van der Waals surface area (Å²) in [7, 11) is 0. The van der Waals surface area contributed by atoms with Crippen LogP contribution in [-0.4, -0.2) is 17.1 Å². The van der Waals surface area contributed by atoms with E-state index in [-0.39, 0.29) is 5.91 Å². The van der Waals surface area contributed by atoms with E-state index in [9.17, 15) is 4.79 Å². The highest BCUT2D eigenvalue weighted by Crippen LogP contribution is 2.40. The average molecular weight is 262 g/mol. The second kappa shape index (κ2) is 3.71. The van der Waals surface area contributed by atoms with Gasteiger partial charge in [-0.1, -0.05) is 6.07 Å². The molecule has 5 heteroatoms. The zero-order valence-electron chi connectivity index (χ0n) is 11.6. The smallest absolute Gasteiger partial charge is 0.251 e. The third kappa shape index (κ3) is 1.81. The summed E-state index contributed by atoms with van der Waals surface area (Å²) in [5.74, 6) is -0.0467. The molecule has 1 aromatic rings. The Morgan fingerprint density at radius 2 is 1.79 bits per heavy atom. The van der Waals surface area contributed by atoms with Crippen LogP contribution in [0, 0.1) is 0 Å². The van der Waals surface area contributed by atoms with Gasteiger partial charge in [-0.2, -0.15) is 0 Å². The quantitative estimate of drug-likeness (QED) is 0.842. The summed E-state index contributed by atoms with van der Waals surface area (Å²) in [5.41, 5.74) is 1.55. The Morgan fingerprint density at radius 3 is 2.42 bits per heavy atom. The highest BCUT2D eigenvalue weighted by molar-refractivity contribution is 5.99. The van der Waals surface area contributed by atoms with Crippen molar-refractivity contribution in [2.45, 2.75) is 45.4 Å². The fourth-order valence-electron chi connectivity index (χ4n) is 2.07. The molecule has 0 atom stereocenters. The van der Waals surface area contributed by atoms with E-state index < -0.39 is 11.2 Å². The number of rotatable bonds is 1. The lowest BCUT2D eigenvalue weighted by atomic mass is 9.90. The number of amides is 1. The molecular weight excluding hydrogens is 244 g/mol. The highest BCUT2D eigenvalue weighted by atomic mass is 17.0. The standard InChI is InChI=1S/C14H18N2O3/c1-13(2)14(3,4)19-16(18-13)10-6-5-9-8-15-12(17)11(9)7-10/h5-7H,8H2,1-4H3,(H,15,17). The summed E-state index contributed by atoms with van der Waals surface area (Å²) in [6.45, 7) is 8.51. The SMILES string of the molecule is CC1(C)ON(c2ccc3c(c2)C(=O)NC3)OC1(C)C. The first kappa shape index (κ1) is 12.4. The first-order valence-corrected chi connectivity index (χ1v) is 6.40. The summed E-state index contributed by atoms with van der Waals surface area (Å²) in [5, 5.41) is 4.20. The molecule has 1 amide bonds. The lowest BCUT2D eigenvalue weighted by molar-refractivity contribution is -0.0273. The second-order valence-corrected chi connectivity index (χ2v) is 5.98. The molecule has 0 radical (unpaired) electrons. The van der Waals surface area contributed by atoms with Gasteiger partial charge in [-0.15, -0.1) is 5.23 Å². The number of carbonyl (C=O) groups excluding carboxylic acids is 1. The van der Waals surface area contributed by atoms with Crippen molar-refractivity contribution in [2.75, 3.05) is 5.23 Å². The van der Waals surface area contributed by atoms with E-state index in [1.807, 2.05) is 39.8 Å². The number of nitrogens with zero attached hydrogens (tertiary/aromatic N) is 1. The van der Waals surface area contributed by atoms with Crippen LogP contribution in [0.5, 0.6) is 0 Å². The van der Waals surface area contributed by atoms with Gasteiger partial charge in [-0.25, -0.2) is 9.68 Å². The van der Waals surface area contributed by atoms with E-state index in [4.69, 9.17) is 9.68 Å². The molecule has 0 aliphatic carbocycles. The molecule has 2 aliphatic heterocycles. The van der Waals surface area contributed by atoms with E-state index in [1.54, 1.807) is 6.07 Å². The lowest BCUT2D eigenvalue weighted by Crippen LogP contribution is -2.41. The van der Waals surface area contributed by atoms with Gasteiger partial charge in [-0.3, -0.25) is 4.79 Å². The minimum absolute atomic E-state index is 0.0467. The van der Waals surface area contributed by atoms with Crippen LogP contribution in [0.1, 0.15) is 43.6 Å². The van der Waals surface area contributed by atoms with Gasteiger partial charge in [0.05, 0.1) is 5.69 Å². The van der Waals surface area contributed by atoms with E-state index in [1.165, 1.54) is 5.23 Å². The van der Waals surface area contributed by atoms with Gasteiger partial charge in [0.2, 0.25) is 0 Å². The minimum Gasteiger partial charge on any atom is -0.348 e. The van der Waals surface area contributed by atoms with E-state index in [0.717, 1.165) is 11.3 Å². The van der Waals surface area contributed by atoms with Crippen molar-refractivity contribution in [1.29, 1.82) is 0 Å². The number of benzene rings is 1. The minimum atomic E-state index is -0.436. The lowest BCUT2D eigenvalue weighted by Gasteiger charge is -2.26. The van der Waals surface area contributed by atoms with Crippen LogP contribution >= 0.6 is 0 Å². The molecule has 0 bridgehead atoms. The first-order chi connectivity index (χ1) is 8.80. The van der Waals surface area contributed by atoms with E-state index >= 15 is 0 Å². The fourth-order valence-corrected chi connectivity index (χ4v) is 2.07. The van der Waals surface area contributed by atoms with Gasteiger partial charge in [0.15, 0.2) is 0 Å². The van der Waals surface area contributed by atoms with Gasteiger partial charge in [0, 0.05) is 12.1 Å². The Morgan fingerprint density at radius 1 is 1.16 bits per heavy atom. The monoisotopic (exact) mass is 262 g/mol. The molecule has 1 aromatic carbocycles. The maximum absolute atomic E-state index is 11.7. The van der Waals surface area contributed by atoms with Crippen LogP contribution in [0.3, 0.4) is 0 Å². The molecular formula is C14H18N2O3. The van der Waals surface area contributed by atoms with Gasteiger partial charge in [-0.05, 0) is 45.4 Å². The molecule has 2 aliphatic rings. The summed E-state index contributed by atoms with van der Waals surface area (Å²) in [6, 6.07) is 5.62. The number of hydrogen-bond donors (Lipinski definition) is 1. The van der Waals surface area contributed by atoms with Gasteiger partial charge in [0.1, 0.15) is 11.2 Å². The Balaban J connectivity index is 1.93. The van der Waals surface area contributed by atoms with E-state index in [0.29, 0.717) is 12.1 Å². The van der Waals surface area contributed by atoms with Crippen molar-refractivity contribution in [3.8, 4) is 0 Å². The van der Waals surface area contributed by atoms with Gasteiger partial charge in [0.25, 0.3) is 5.91 Å². The zero-order valence-corrected chi connectivity index (χ0v) is 11.6. The van der Waals surface area contributed by atoms with Gasteiger partial charge < -0.3 is 5.32 Å². The normalized spacial score (nSPS) is 23.4. The summed E-state index contributed by atoms with van der Waals surface area (Å²) in [4.78, 5) is 23.3. The van der Waals surface area contributed by atoms with Crippen LogP contribution < -0.4 is 10.5 Å². The van der Waals surface area contributed by atoms with Crippen molar-refractivity contribution in [3.63, 3.8) is 0 Å². The van der Waals surface area contributed by atoms with Crippen LogP contribution in [0.2, 0.25) is 0 Å². The van der Waals surface area contributed by atoms with Crippen LogP contribution in [0.4, 0.5) is 5.69 Å². The first-order valence-electron chi connectivity index (χ1n) is 6.40. The second-order valence-electron chi connectivity index (χ2n) is 5.98. The Labute approximate surface area is 112 Å². The van der Waals surface area contributed by atoms with Gasteiger partial charge >= 0.3 is 0 Å². The molecule has 3 rings (SSSR count). The maximum atomic E-state index is 11.7. The molecule has 0 saturated carbocycles. The van der Waals surface area contributed by atoms with Crippen LogP contribution in [0.15, 0.2) is 18.2 Å². The van der Waals surface area contributed by atoms with E-state index in [2.05, 4.69) is 5.32 Å². The molecule has 0 spiro atoms. The molecule has 19 heavy (non-hydrogen) atoms. The largest absolute Gasteiger partial charge is 0.348 e. The molecule has 0 unspecified atom stereocenters. The number of nitrogens with one attached hydrogen (secondary N) is 1. The predicted molar refractivity (Wildman–Crippen MR) is 70.4 cm³/mol. The van der Waals surface area contributed by atoms with Crippen LogP contribution in [0.25, 0.3) is 0 Å². The van der Waals surface area contributed by atoms with Crippen LogP contribution in [-0.2, 0) is 16.2 Å². The number of hydrogen-bond acceptors (Lipinski definition) is 4.